The highest BCUT2D eigenvalue weighted by Gasteiger charge is 2.16. The number of aryl methyl sites for hydroxylation is 1. The quantitative estimate of drug-likeness (QED) is 0.598. The number of fused-ring (bicyclic) bond motifs is 1. The Morgan fingerprint density at radius 3 is 2.59 bits per heavy atom. The average molecular weight is 412 g/mol. The van der Waals surface area contributed by atoms with Gasteiger partial charge in [-0.15, -0.1) is 0 Å². The van der Waals surface area contributed by atoms with Gasteiger partial charge in [0, 0.05) is 24.5 Å². The van der Waals surface area contributed by atoms with Crippen molar-refractivity contribution in [1.29, 1.82) is 0 Å². The third kappa shape index (κ3) is 5.45. The summed E-state index contributed by atoms with van der Waals surface area (Å²) in [6.45, 7) is 5.27. The van der Waals surface area contributed by atoms with E-state index in [1.807, 2.05) is 36.4 Å². The van der Waals surface area contributed by atoms with Crippen molar-refractivity contribution in [2.45, 2.75) is 39.2 Å². The van der Waals surface area contributed by atoms with Crippen molar-refractivity contribution in [1.82, 2.24) is 14.9 Å². The summed E-state index contributed by atoms with van der Waals surface area (Å²) in [5, 5.41) is 4.27. The van der Waals surface area contributed by atoms with E-state index >= 15 is 0 Å². The molecule has 3 rings (SSSR count). The van der Waals surface area contributed by atoms with Crippen LogP contribution in [-0.4, -0.2) is 22.0 Å². The summed E-state index contributed by atoms with van der Waals surface area (Å²) in [5.74, 6) is 0.735. The van der Waals surface area contributed by atoms with E-state index in [1.165, 1.54) is 16.5 Å². The fraction of sp³-hybridized carbons (Fsp3) is 0.348. The molecule has 1 aromatic heterocycles. The van der Waals surface area contributed by atoms with Crippen LogP contribution in [0.25, 0.3) is 10.9 Å². The van der Waals surface area contributed by atoms with Crippen LogP contribution in [0.5, 0.6) is 0 Å². The molecule has 1 amide bonds. The number of carbonyl (C=O) groups excluding carboxylic acids is 1. The van der Waals surface area contributed by atoms with Gasteiger partial charge in [-0.3, -0.25) is 14.2 Å². The van der Waals surface area contributed by atoms with Crippen LogP contribution < -0.4 is 10.9 Å². The van der Waals surface area contributed by atoms with Crippen molar-refractivity contribution < 1.29 is 4.79 Å². The third-order valence-electron chi connectivity index (χ3n) is 5.19. The first-order valence-corrected chi connectivity index (χ1v) is 10.3. The maximum atomic E-state index is 12.5. The zero-order valence-corrected chi connectivity index (χ0v) is 17.5. The first-order valence-electron chi connectivity index (χ1n) is 9.92. The van der Waals surface area contributed by atoms with Crippen LogP contribution in [0.2, 0.25) is 5.02 Å². The van der Waals surface area contributed by atoms with Gasteiger partial charge in [0.1, 0.15) is 0 Å². The molecule has 1 heterocycles. The smallest absolute Gasteiger partial charge is 0.261 e. The van der Waals surface area contributed by atoms with Gasteiger partial charge in [0.05, 0.1) is 17.2 Å². The SMILES string of the molecule is CC(C)[C@H](CCNC(=O)CCn1cnc2ccccc2c1=O)c1ccc(Cl)cc1. The molecule has 6 heteroatoms. The third-order valence-corrected chi connectivity index (χ3v) is 5.44. The molecule has 2 aromatic carbocycles. The van der Waals surface area contributed by atoms with Gasteiger partial charge >= 0.3 is 0 Å². The fourth-order valence-electron chi connectivity index (χ4n) is 3.54. The normalized spacial score (nSPS) is 12.3. The predicted molar refractivity (Wildman–Crippen MR) is 117 cm³/mol. The van der Waals surface area contributed by atoms with Crippen LogP contribution in [0.3, 0.4) is 0 Å². The molecule has 0 fully saturated rings. The highest BCUT2D eigenvalue weighted by Crippen LogP contribution is 2.28. The number of aromatic nitrogens is 2. The first kappa shape index (κ1) is 21.1. The van der Waals surface area contributed by atoms with Gasteiger partial charge in [0.15, 0.2) is 0 Å². The minimum absolute atomic E-state index is 0.0660. The second kappa shape index (κ2) is 9.70. The standard InChI is InChI=1S/C23H26ClN3O2/c1-16(2)19(17-7-9-18(24)10-8-17)11-13-25-22(28)12-14-27-15-26-21-6-4-3-5-20(21)23(27)29/h3-10,15-16,19H,11-14H2,1-2H3,(H,25,28)/t19-/m0/s1. The van der Waals surface area contributed by atoms with Gasteiger partial charge in [0.25, 0.3) is 5.56 Å². The molecule has 1 N–H and O–H groups in total. The van der Waals surface area contributed by atoms with Gasteiger partial charge in [-0.05, 0) is 48.1 Å². The molecule has 0 radical (unpaired) electrons. The number of nitrogens with one attached hydrogen (secondary N) is 1. The van der Waals surface area contributed by atoms with Crippen LogP contribution >= 0.6 is 11.6 Å². The second-order valence-corrected chi connectivity index (χ2v) is 7.99. The van der Waals surface area contributed by atoms with Crippen molar-refractivity contribution in [3.63, 3.8) is 0 Å². The molecule has 0 aliphatic carbocycles. The molecule has 0 saturated carbocycles. The fourth-order valence-corrected chi connectivity index (χ4v) is 3.66. The molecule has 29 heavy (non-hydrogen) atoms. The summed E-state index contributed by atoms with van der Waals surface area (Å²) in [4.78, 5) is 29.0. The van der Waals surface area contributed by atoms with Crippen LogP contribution in [0.4, 0.5) is 0 Å². The number of hydrogen-bond donors (Lipinski definition) is 1. The number of nitrogens with zero attached hydrogens (tertiary/aromatic N) is 2. The summed E-state index contributed by atoms with van der Waals surface area (Å²) in [7, 11) is 0. The maximum Gasteiger partial charge on any atom is 0.261 e. The molecule has 3 aromatic rings. The van der Waals surface area contributed by atoms with Crippen molar-refractivity contribution >= 4 is 28.4 Å². The Hall–Kier alpha value is -2.66. The number of halogens is 1. The average Bonchev–Trinajstić information content (AvgIpc) is 2.71. The molecule has 0 unspecified atom stereocenters. The van der Waals surface area contributed by atoms with Crippen LogP contribution in [-0.2, 0) is 11.3 Å². The second-order valence-electron chi connectivity index (χ2n) is 7.55. The number of hydrogen-bond acceptors (Lipinski definition) is 3. The monoisotopic (exact) mass is 411 g/mol. The molecular formula is C23H26ClN3O2. The zero-order chi connectivity index (χ0) is 20.8. The summed E-state index contributed by atoms with van der Waals surface area (Å²) in [6.07, 6.45) is 2.60. The van der Waals surface area contributed by atoms with Crippen LogP contribution in [0.1, 0.15) is 38.2 Å². The molecular weight excluding hydrogens is 386 g/mol. The Bertz CT molecular complexity index is 1030. The molecule has 0 spiro atoms. The summed E-state index contributed by atoms with van der Waals surface area (Å²) in [5.41, 5.74) is 1.78. The zero-order valence-electron chi connectivity index (χ0n) is 16.8. The minimum atomic E-state index is -0.119. The lowest BCUT2D eigenvalue weighted by Gasteiger charge is -2.21. The maximum absolute atomic E-state index is 12.5. The molecule has 1 atom stereocenters. The largest absolute Gasteiger partial charge is 0.356 e. The molecule has 0 aliphatic heterocycles. The van der Waals surface area contributed by atoms with Crippen molar-refractivity contribution in [2.24, 2.45) is 5.92 Å². The van der Waals surface area contributed by atoms with Gasteiger partial charge < -0.3 is 5.32 Å². The number of para-hydroxylation sites is 1. The first-order chi connectivity index (χ1) is 14.0. The van der Waals surface area contributed by atoms with E-state index in [0.29, 0.717) is 35.8 Å². The van der Waals surface area contributed by atoms with Gasteiger partial charge in [-0.1, -0.05) is 49.7 Å². The highest BCUT2D eigenvalue weighted by atomic mass is 35.5. The van der Waals surface area contributed by atoms with E-state index in [-0.39, 0.29) is 17.9 Å². The van der Waals surface area contributed by atoms with E-state index in [1.54, 1.807) is 12.1 Å². The Kier molecular flexibility index (Phi) is 7.04. The van der Waals surface area contributed by atoms with Gasteiger partial charge in [0.2, 0.25) is 5.91 Å². The number of benzene rings is 2. The van der Waals surface area contributed by atoms with E-state index in [4.69, 9.17) is 11.6 Å². The Morgan fingerprint density at radius 2 is 1.86 bits per heavy atom. The lowest BCUT2D eigenvalue weighted by atomic mass is 9.86. The van der Waals surface area contributed by atoms with Gasteiger partial charge in [-0.25, -0.2) is 4.98 Å². The molecule has 0 bridgehead atoms. The lowest BCUT2D eigenvalue weighted by molar-refractivity contribution is -0.121. The molecule has 0 aliphatic rings. The van der Waals surface area contributed by atoms with E-state index in [2.05, 4.69) is 24.1 Å². The van der Waals surface area contributed by atoms with Crippen molar-refractivity contribution in [2.75, 3.05) is 6.54 Å². The van der Waals surface area contributed by atoms with E-state index in [9.17, 15) is 9.59 Å². The van der Waals surface area contributed by atoms with Crippen molar-refractivity contribution in [3.8, 4) is 0 Å². The predicted octanol–water partition coefficient (Wildman–Crippen LogP) is 4.39. The Balaban J connectivity index is 1.52. The van der Waals surface area contributed by atoms with Crippen LogP contribution in [0, 0.1) is 5.92 Å². The molecule has 5 nitrogen and oxygen atoms in total. The van der Waals surface area contributed by atoms with Crippen LogP contribution in [0.15, 0.2) is 59.7 Å². The number of amides is 1. The summed E-state index contributed by atoms with van der Waals surface area (Å²) >= 11 is 5.98. The Labute approximate surface area is 175 Å². The van der Waals surface area contributed by atoms with E-state index < -0.39 is 0 Å². The molecule has 0 saturated heterocycles. The number of rotatable bonds is 8. The molecule has 152 valence electrons. The summed E-state index contributed by atoms with van der Waals surface area (Å²) < 4.78 is 1.49. The number of carbonyl (C=O) groups is 1. The Morgan fingerprint density at radius 1 is 1.14 bits per heavy atom. The minimum Gasteiger partial charge on any atom is -0.356 e. The topological polar surface area (TPSA) is 64.0 Å². The van der Waals surface area contributed by atoms with E-state index in [0.717, 1.165) is 11.4 Å². The summed E-state index contributed by atoms with van der Waals surface area (Å²) in [6, 6.07) is 15.1. The highest BCUT2D eigenvalue weighted by molar-refractivity contribution is 6.30. The lowest BCUT2D eigenvalue weighted by Crippen LogP contribution is -2.29. The van der Waals surface area contributed by atoms with Crippen molar-refractivity contribution in [3.05, 3.63) is 75.8 Å². The van der Waals surface area contributed by atoms with Gasteiger partial charge in [-0.2, -0.15) is 0 Å².